The molecule has 1 fully saturated rings. The van der Waals surface area contributed by atoms with Gasteiger partial charge in [-0.05, 0) is 18.8 Å². The third-order valence-electron chi connectivity index (χ3n) is 2.34. The molecule has 0 spiro atoms. The van der Waals surface area contributed by atoms with Crippen LogP contribution >= 0.6 is 0 Å². The molecule has 0 saturated carbocycles. The Kier molecular flexibility index (Phi) is 3.09. The average Bonchev–Trinajstić information content (AvgIpc) is 1.97. The van der Waals surface area contributed by atoms with E-state index in [1.165, 1.54) is 0 Å². The summed E-state index contributed by atoms with van der Waals surface area (Å²) in [5, 5.41) is 8.66. The Hall–Kier alpha value is -0.130. The van der Waals surface area contributed by atoms with Crippen LogP contribution in [-0.4, -0.2) is 37.7 Å². The zero-order chi connectivity index (χ0) is 9.19. The van der Waals surface area contributed by atoms with Crippen molar-refractivity contribution in [2.45, 2.75) is 18.9 Å². The van der Waals surface area contributed by atoms with E-state index < -0.39 is 9.84 Å². The summed E-state index contributed by atoms with van der Waals surface area (Å²) in [6.07, 6.45) is 1.04. The lowest BCUT2D eigenvalue weighted by Gasteiger charge is -2.27. The first-order valence-electron chi connectivity index (χ1n) is 4.12. The number of aliphatic hydroxyl groups is 1. The summed E-state index contributed by atoms with van der Waals surface area (Å²) in [4.78, 5) is 0. The monoisotopic (exact) mass is 193 g/mol. The number of aliphatic hydroxyl groups excluding tert-OH is 1. The fourth-order valence-corrected chi connectivity index (χ4v) is 3.41. The Balaban J connectivity index is 2.59. The maximum atomic E-state index is 11.1. The van der Waals surface area contributed by atoms with Crippen LogP contribution in [0.2, 0.25) is 0 Å². The lowest BCUT2D eigenvalue weighted by atomic mass is 9.97. The molecule has 0 amide bonds. The maximum absolute atomic E-state index is 11.1. The first-order chi connectivity index (χ1) is 5.55. The van der Waals surface area contributed by atoms with Gasteiger partial charge in [-0.2, -0.15) is 0 Å². The van der Waals surface area contributed by atoms with E-state index in [1.807, 2.05) is 0 Å². The second-order valence-electron chi connectivity index (χ2n) is 3.34. The molecule has 1 heterocycles. The zero-order valence-electron chi connectivity index (χ0n) is 6.94. The molecular formula is C7H15NO3S. The van der Waals surface area contributed by atoms with E-state index >= 15 is 0 Å². The van der Waals surface area contributed by atoms with E-state index in [9.17, 15) is 8.42 Å². The molecule has 0 radical (unpaired) electrons. The highest BCUT2D eigenvalue weighted by Crippen LogP contribution is 2.19. The molecule has 0 bridgehead atoms. The maximum Gasteiger partial charge on any atom is 0.150 e. The van der Waals surface area contributed by atoms with Crippen molar-refractivity contribution in [1.82, 2.24) is 0 Å². The van der Waals surface area contributed by atoms with Gasteiger partial charge in [0.1, 0.15) is 0 Å². The largest absolute Gasteiger partial charge is 0.396 e. The molecule has 1 saturated heterocycles. The van der Waals surface area contributed by atoms with Crippen molar-refractivity contribution >= 4 is 9.84 Å². The summed E-state index contributed by atoms with van der Waals surface area (Å²) in [7, 11) is -2.88. The van der Waals surface area contributed by atoms with Gasteiger partial charge in [0.25, 0.3) is 0 Å². The topological polar surface area (TPSA) is 80.4 Å². The minimum absolute atomic E-state index is 0.0217. The van der Waals surface area contributed by atoms with Gasteiger partial charge in [-0.1, -0.05) is 0 Å². The first kappa shape index (κ1) is 9.95. The van der Waals surface area contributed by atoms with Gasteiger partial charge >= 0.3 is 0 Å². The van der Waals surface area contributed by atoms with Crippen LogP contribution in [0.15, 0.2) is 0 Å². The Morgan fingerprint density at radius 3 is 2.75 bits per heavy atom. The summed E-state index contributed by atoms with van der Waals surface area (Å²) in [5.41, 5.74) is 5.71. The predicted octanol–water partition coefficient (Wildman–Crippen LogP) is -0.869. The number of hydrogen-bond donors (Lipinski definition) is 2. The third kappa shape index (κ3) is 2.43. The minimum Gasteiger partial charge on any atom is -0.396 e. The standard InChI is InChI=1S/C7H15NO3S/c8-7-2-4-12(10,11)5-6(7)1-3-9/h6-7,9H,1-5,8H2. The van der Waals surface area contributed by atoms with Crippen LogP contribution in [0.25, 0.3) is 0 Å². The summed E-state index contributed by atoms with van der Waals surface area (Å²) < 4.78 is 22.3. The lowest BCUT2D eigenvalue weighted by Crippen LogP contribution is -2.42. The molecule has 72 valence electrons. The van der Waals surface area contributed by atoms with Crippen LogP contribution in [0, 0.1) is 5.92 Å². The molecule has 1 aliphatic heterocycles. The van der Waals surface area contributed by atoms with Crippen LogP contribution < -0.4 is 5.73 Å². The van der Waals surface area contributed by atoms with E-state index in [1.54, 1.807) is 0 Å². The van der Waals surface area contributed by atoms with Crippen molar-refractivity contribution in [1.29, 1.82) is 0 Å². The lowest BCUT2D eigenvalue weighted by molar-refractivity contribution is 0.247. The normalized spacial score (nSPS) is 34.8. The van der Waals surface area contributed by atoms with Crippen molar-refractivity contribution in [3.63, 3.8) is 0 Å². The first-order valence-corrected chi connectivity index (χ1v) is 5.94. The molecule has 0 aromatic carbocycles. The Labute approximate surface area is 72.7 Å². The summed E-state index contributed by atoms with van der Waals surface area (Å²) in [6.45, 7) is 0.0217. The average molecular weight is 193 g/mol. The molecule has 0 aromatic rings. The molecule has 1 rings (SSSR count). The van der Waals surface area contributed by atoms with E-state index in [-0.39, 0.29) is 30.1 Å². The molecule has 12 heavy (non-hydrogen) atoms. The Morgan fingerprint density at radius 1 is 1.50 bits per heavy atom. The second-order valence-corrected chi connectivity index (χ2v) is 5.57. The van der Waals surface area contributed by atoms with Crippen molar-refractivity contribution in [3.05, 3.63) is 0 Å². The highest BCUT2D eigenvalue weighted by Gasteiger charge is 2.30. The van der Waals surface area contributed by atoms with E-state index in [4.69, 9.17) is 10.8 Å². The van der Waals surface area contributed by atoms with E-state index in [0.717, 1.165) is 0 Å². The smallest absolute Gasteiger partial charge is 0.150 e. The summed E-state index contributed by atoms with van der Waals surface area (Å²) >= 11 is 0. The molecule has 3 N–H and O–H groups in total. The summed E-state index contributed by atoms with van der Waals surface area (Å²) in [5.74, 6) is 0.305. The number of sulfone groups is 1. The highest BCUT2D eigenvalue weighted by atomic mass is 32.2. The summed E-state index contributed by atoms with van der Waals surface area (Å²) in [6, 6.07) is -0.0549. The molecule has 1 aliphatic rings. The van der Waals surface area contributed by atoms with Crippen molar-refractivity contribution in [2.75, 3.05) is 18.1 Å². The Bertz CT molecular complexity index is 237. The highest BCUT2D eigenvalue weighted by molar-refractivity contribution is 7.91. The minimum atomic E-state index is -2.88. The molecule has 4 nitrogen and oxygen atoms in total. The van der Waals surface area contributed by atoms with Crippen LogP contribution in [0.5, 0.6) is 0 Å². The van der Waals surface area contributed by atoms with Crippen molar-refractivity contribution < 1.29 is 13.5 Å². The van der Waals surface area contributed by atoms with Gasteiger partial charge in [0.05, 0.1) is 11.5 Å². The number of nitrogens with two attached hydrogens (primary N) is 1. The van der Waals surface area contributed by atoms with Crippen LogP contribution in [0.1, 0.15) is 12.8 Å². The van der Waals surface area contributed by atoms with E-state index in [0.29, 0.717) is 12.8 Å². The van der Waals surface area contributed by atoms with Gasteiger partial charge in [0, 0.05) is 12.6 Å². The van der Waals surface area contributed by atoms with Gasteiger partial charge in [0.15, 0.2) is 9.84 Å². The molecule has 2 unspecified atom stereocenters. The molecule has 2 atom stereocenters. The molecule has 5 heteroatoms. The van der Waals surface area contributed by atoms with Gasteiger partial charge in [-0.25, -0.2) is 8.42 Å². The SMILES string of the molecule is NC1CCS(=O)(=O)CC1CCO. The molecule has 0 aliphatic carbocycles. The van der Waals surface area contributed by atoms with Gasteiger partial charge in [-0.3, -0.25) is 0 Å². The third-order valence-corrected chi connectivity index (χ3v) is 4.13. The zero-order valence-corrected chi connectivity index (χ0v) is 7.76. The van der Waals surface area contributed by atoms with Crippen molar-refractivity contribution in [3.8, 4) is 0 Å². The van der Waals surface area contributed by atoms with Crippen molar-refractivity contribution in [2.24, 2.45) is 11.7 Å². The molecule has 0 aromatic heterocycles. The quantitative estimate of drug-likeness (QED) is 0.597. The van der Waals surface area contributed by atoms with Gasteiger partial charge < -0.3 is 10.8 Å². The molecular weight excluding hydrogens is 178 g/mol. The fourth-order valence-electron chi connectivity index (χ4n) is 1.55. The van der Waals surface area contributed by atoms with Crippen LogP contribution in [-0.2, 0) is 9.84 Å². The van der Waals surface area contributed by atoms with Gasteiger partial charge in [0.2, 0.25) is 0 Å². The number of hydrogen-bond acceptors (Lipinski definition) is 4. The van der Waals surface area contributed by atoms with Crippen LogP contribution in [0.3, 0.4) is 0 Å². The van der Waals surface area contributed by atoms with Crippen LogP contribution in [0.4, 0.5) is 0 Å². The fraction of sp³-hybridized carbons (Fsp3) is 1.00. The van der Waals surface area contributed by atoms with E-state index in [2.05, 4.69) is 0 Å². The Morgan fingerprint density at radius 2 is 2.17 bits per heavy atom. The second kappa shape index (κ2) is 3.72. The number of rotatable bonds is 2. The predicted molar refractivity (Wildman–Crippen MR) is 46.4 cm³/mol. The van der Waals surface area contributed by atoms with Gasteiger partial charge in [-0.15, -0.1) is 0 Å².